The molecule has 1 atom stereocenters. The van der Waals surface area contributed by atoms with E-state index in [-0.39, 0.29) is 23.3 Å². The predicted molar refractivity (Wildman–Crippen MR) is 109 cm³/mol. The molecule has 1 fully saturated rings. The molecule has 1 amide bonds. The molecule has 28 heavy (non-hydrogen) atoms. The average molecular weight is 405 g/mol. The molecule has 3 rings (SSSR count). The van der Waals surface area contributed by atoms with Gasteiger partial charge in [-0.05, 0) is 57.7 Å². The Morgan fingerprint density at radius 2 is 1.93 bits per heavy atom. The molecule has 0 saturated carbocycles. The minimum atomic E-state index is -3.69. The highest BCUT2D eigenvalue weighted by molar-refractivity contribution is 7.89. The zero-order chi connectivity index (χ0) is 20.6. The van der Waals surface area contributed by atoms with Crippen LogP contribution < -0.4 is 5.32 Å². The number of anilines is 1. The fraction of sp³-hybridized carbons (Fsp3) is 0.500. The molecule has 0 bridgehead atoms. The van der Waals surface area contributed by atoms with Crippen molar-refractivity contribution in [3.8, 4) is 0 Å². The van der Waals surface area contributed by atoms with Crippen molar-refractivity contribution in [3.05, 3.63) is 40.7 Å². The third-order valence-corrected chi connectivity index (χ3v) is 7.56. The average Bonchev–Trinajstić information content (AvgIpc) is 2.90. The molecular formula is C20H28N4O3S. The molecule has 1 saturated heterocycles. The Morgan fingerprint density at radius 3 is 2.57 bits per heavy atom. The van der Waals surface area contributed by atoms with Crippen LogP contribution >= 0.6 is 0 Å². The van der Waals surface area contributed by atoms with Crippen LogP contribution in [-0.2, 0) is 21.9 Å². The van der Waals surface area contributed by atoms with Gasteiger partial charge in [-0.25, -0.2) is 8.42 Å². The highest BCUT2D eigenvalue weighted by Crippen LogP contribution is 2.28. The van der Waals surface area contributed by atoms with Gasteiger partial charge in [0.15, 0.2) is 0 Å². The number of hydrogen-bond donors (Lipinski definition) is 1. The second-order valence-corrected chi connectivity index (χ2v) is 9.51. The fourth-order valence-corrected chi connectivity index (χ4v) is 5.66. The van der Waals surface area contributed by atoms with E-state index in [1.54, 1.807) is 25.6 Å². The Hall–Kier alpha value is -2.19. The van der Waals surface area contributed by atoms with Gasteiger partial charge in [-0.2, -0.15) is 9.40 Å². The fourth-order valence-electron chi connectivity index (χ4n) is 3.74. The lowest BCUT2D eigenvalue weighted by molar-refractivity contribution is -0.120. The van der Waals surface area contributed by atoms with Crippen LogP contribution in [0.2, 0.25) is 0 Å². The summed E-state index contributed by atoms with van der Waals surface area (Å²) < 4.78 is 29.4. The van der Waals surface area contributed by atoms with E-state index in [0.717, 1.165) is 16.8 Å². The molecule has 0 unspecified atom stereocenters. The molecule has 0 spiro atoms. The summed E-state index contributed by atoms with van der Waals surface area (Å²) in [5.41, 5.74) is 3.93. The monoisotopic (exact) mass is 404 g/mol. The van der Waals surface area contributed by atoms with Crippen LogP contribution in [0.15, 0.2) is 23.1 Å². The Balaban J connectivity index is 1.80. The van der Waals surface area contributed by atoms with Gasteiger partial charge in [0.05, 0.1) is 17.3 Å². The summed E-state index contributed by atoms with van der Waals surface area (Å²) in [5, 5.41) is 7.21. The standard InChI is InChI=1S/C20H28N4O3S/c1-13-8-9-14(2)18(11-13)21-20(25)17-7-6-10-24(12-17)28(26,27)19-15(3)22-23(5)16(19)4/h8-9,11,17H,6-7,10,12H2,1-5H3,(H,21,25)/t17-/m0/s1. The van der Waals surface area contributed by atoms with Gasteiger partial charge in [-0.1, -0.05) is 12.1 Å². The third kappa shape index (κ3) is 3.84. The van der Waals surface area contributed by atoms with Crippen LogP contribution in [0.3, 0.4) is 0 Å². The van der Waals surface area contributed by atoms with Crippen molar-refractivity contribution in [2.75, 3.05) is 18.4 Å². The number of carbonyl (C=O) groups is 1. The molecular weight excluding hydrogens is 376 g/mol. The molecule has 152 valence electrons. The van der Waals surface area contributed by atoms with E-state index in [2.05, 4.69) is 10.4 Å². The molecule has 0 aliphatic carbocycles. The number of amides is 1. The lowest BCUT2D eigenvalue weighted by atomic mass is 9.98. The van der Waals surface area contributed by atoms with E-state index < -0.39 is 10.0 Å². The minimum absolute atomic E-state index is 0.131. The zero-order valence-corrected chi connectivity index (χ0v) is 17.9. The number of piperidine rings is 1. The summed E-state index contributed by atoms with van der Waals surface area (Å²) in [6.45, 7) is 7.98. The second kappa shape index (κ2) is 7.67. The van der Waals surface area contributed by atoms with Gasteiger partial charge >= 0.3 is 0 Å². The maximum absolute atomic E-state index is 13.2. The Bertz CT molecular complexity index is 1010. The topological polar surface area (TPSA) is 84.3 Å². The highest BCUT2D eigenvalue weighted by Gasteiger charge is 2.36. The summed E-state index contributed by atoms with van der Waals surface area (Å²) in [4.78, 5) is 13.1. The molecule has 2 heterocycles. The van der Waals surface area contributed by atoms with Crippen molar-refractivity contribution in [1.82, 2.24) is 14.1 Å². The predicted octanol–water partition coefficient (Wildman–Crippen LogP) is 2.69. The summed E-state index contributed by atoms with van der Waals surface area (Å²) in [6, 6.07) is 5.90. The van der Waals surface area contributed by atoms with E-state index in [9.17, 15) is 13.2 Å². The number of rotatable bonds is 4. The quantitative estimate of drug-likeness (QED) is 0.849. The van der Waals surface area contributed by atoms with E-state index >= 15 is 0 Å². The smallest absolute Gasteiger partial charge is 0.246 e. The summed E-state index contributed by atoms with van der Waals surface area (Å²) in [6.07, 6.45) is 1.33. The SMILES string of the molecule is Cc1ccc(C)c(NC(=O)[C@H]2CCCN(S(=O)(=O)c3c(C)nn(C)c3C)C2)c1. The molecule has 1 N–H and O–H groups in total. The highest BCUT2D eigenvalue weighted by atomic mass is 32.2. The number of carbonyl (C=O) groups excluding carboxylic acids is 1. The normalized spacial score (nSPS) is 18.2. The molecule has 8 heteroatoms. The van der Waals surface area contributed by atoms with Crippen molar-refractivity contribution in [1.29, 1.82) is 0 Å². The Kier molecular flexibility index (Phi) is 5.63. The Morgan fingerprint density at radius 1 is 1.21 bits per heavy atom. The molecule has 1 aromatic heterocycles. The van der Waals surface area contributed by atoms with Crippen LogP contribution in [0.1, 0.15) is 35.4 Å². The van der Waals surface area contributed by atoms with E-state index in [4.69, 9.17) is 0 Å². The first kappa shape index (κ1) is 20.5. The molecule has 2 aromatic rings. The zero-order valence-electron chi connectivity index (χ0n) is 17.1. The van der Waals surface area contributed by atoms with Gasteiger partial charge in [0.2, 0.25) is 15.9 Å². The molecule has 1 aliphatic rings. The van der Waals surface area contributed by atoms with Gasteiger partial charge in [0.25, 0.3) is 0 Å². The van der Waals surface area contributed by atoms with Crippen LogP contribution in [-0.4, -0.2) is 41.5 Å². The number of sulfonamides is 1. The maximum Gasteiger partial charge on any atom is 0.246 e. The van der Waals surface area contributed by atoms with E-state index in [1.807, 2.05) is 32.0 Å². The minimum Gasteiger partial charge on any atom is -0.326 e. The van der Waals surface area contributed by atoms with Gasteiger partial charge in [0.1, 0.15) is 4.90 Å². The van der Waals surface area contributed by atoms with Gasteiger partial charge < -0.3 is 5.32 Å². The molecule has 1 aliphatic heterocycles. The number of benzene rings is 1. The lowest BCUT2D eigenvalue weighted by Gasteiger charge is -2.31. The van der Waals surface area contributed by atoms with E-state index in [1.165, 1.54) is 4.31 Å². The number of aryl methyl sites for hydroxylation is 4. The molecule has 1 aromatic carbocycles. The molecule has 7 nitrogen and oxygen atoms in total. The van der Waals surface area contributed by atoms with Crippen LogP contribution in [0, 0.1) is 33.6 Å². The van der Waals surface area contributed by atoms with Crippen molar-refractivity contribution < 1.29 is 13.2 Å². The first-order chi connectivity index (χ1) is 13.1. The van der Waals surface area contributed by atoms with Gasteiger partial charge in [-0.15, -0.1) is 0 Å². The van der Waals surface area contributed by atoms with E-state index in [0.29, 0.717) is 30.8 Å². The number of nitrogens with zero attached hydrogens (tertiary/aromatic N) is 3. The first-order valence-electron chi connectivity index (χ1n) is 9.49. The van der Waals surface area contributed by atoms with Gasteiger partial charge in [0, 0.05) is 25.8 Å². The van der Waals surface area contributed by atoms with Gasteiger partial charge in [-0.3, -0.25) is 9.48 Å². The summed E-state index contributed by atoms with van der Waals surface area (Å²) in [5.74, 6) is -0.506. The number of aromatic nitrogens is 2. The van der Waals surface area contributed by atoms with Crippen molar-refractivity contribution in [2.45, 2.75) is 45.4 Å². The lowest BCUT2D eigenvalue weighted by Crippen LogP contribution is -2.44. The van der Waals surface area contributed by atoms with Crippen LogP contribution in [0.5, 0.6) is 0 Å². The van der Waals surface area contributed by atoms with Crippen molar-refractivity contribution >= 4 is 21.6 Å². The first-order valence-corrected chi connectivity index (χ1v) is 10.9. The van der Waals surface area contributed by atoms with Crippen molar-refractivity contribution in [2.24, 2.45) is 13.0 Å². The third-order valence-electron chi connectivity index (χ3n) is 5.45. The molecule has 0 radical (unpaired) electrons. The summed E-state index contributed by atoms with van der Waals surface area (Å²) >= 11 is 0. The largest absolute Gasteiger partial charge is 0.326 e. The Labute approximate surface area is 166 Å². The maximum atomic E-state index is 13.2. The van der Waals surface area contributed by atoms with Crippen molar-refractivity contribution in [3.63, 3.8) is 0 Å². The second-order valence-electron chi connectivity index (χ2n) is 7.63. The number of nitrogens with one attached hydrogen (secondary N) is 1. The number of hydrogen-bond acceptors (Lipinski definition) is 4. The van der Waals surface area contributed by atoms with Crippen LogP contribution in [0.4, 0.5) is 5.69 Å². The summed E-state index contributed by atoms with van der Waals surface area (Å²) in [7, 11) is -1.95. The van der Waals surface area contributed by atoms with Crippen LogP contribution in [0.25, 0.3) is 0 Å².